The molecule has 0 amide bonds. The van der Waals surface area contributed by atoms with Gasteiger partial charge >= 0.3 is 0 Å². The predicted octanol–water partition coefficient (Wildman–Crippen LogP) is 12.7. The molecule has 58 heavy (non-hydrogen) atoms. The van der Waals surface area contributed by atoms with Crippen LogP contribution in [0.4, 0.5) is 0 Å². The van der Waals surface area contributed by atoms with E-state index in [9.17, 15) is 11.0 Å². The van der Waals surface area contributed by atoms with Gasteiger partial charge in [0, 0.05) is 43.3 Å². The summed E-state index contributed by atoms with van der Waals surface area (Å²) in [6, 6.07) is 2.78. The largest absolute Gasteiger partial charge is 0.456 e. The molecule has 0 unspecified atom stereocenters. The van der Waals surface area contributed by atoms with E-state index in [-0.39, 0.29) is 5.69 Å². The van der Waals surface area contributed by atoms with Crippen molar-refractivity contribution in [1.82, 2.24) is 28.7 Å². The number of aromatic nitrogens is 6. The molecular weight excluding hydrogens is 713 g/mol. The van der Waals surface area contributed by atoms with E-state index in [4.69, 9.17) is 35.8 Å². The van der Waals surface area contributed by atoms with E-state index in [1.54, 1.807) is 47.0 Å². The van der Waals surface area contributed by atoms with Crippen LogP contribution < -0.4 is 0 Å². The Labute approximate surface area is 358 Å². The van der Waals surface area contributed by atoms with Gasteiger partial charge in [-0.1, -0.05) is 121 Å². The van der Waals surface area contributed by atoms with Gasteiger partial charge in [0.15, 0.2) is 5.82 Å². The van der Waals surface area contributed by atoms with E-state index >= 15 is 0 Å². The highest BCUT2D eigenvalue weighted by Gasteiger charge is 2.24. The summed E-state index contributed by atoms with van der Waals surface area (Å²) < 4.78 is 192. The average molecular weight is 763 g/mol. The summed E-state index contributed by atoms with van der Waals surface area (Å²) in [5.74, 6) is -2.11. The maximum Gasteiger partial charge on any atom is 0.240 e. The van der Waals surface area contributed by atoms with Crippen LogP contribution in [0.25, 0.3) is 116 Å². The normalized spacial score (nSPS) is 17.0. The van der Waals surface area contributed by atoms with Crippen LogP contribution in [0.1, 0.15) is 27.4 Å². The number of nitrogens with zero attached hydrogens (tertiary/aromatic N) is 6. The minimum absolute atomic E-state index is 0.259. The summed E-state index contributed by atoms with van der Waals surface area (Å²) in [5.41, 5.74) is -0.875. The monoisotopic (exact) mass is 762 g/mol. The first-order valence-corrected chi connectivity index (χ1v) is 17.8. The minimum Gasteiger partial charge on any atom is -0.456 e. The van der Waals surface area contributed by atoms with Crippen LogP contribution >= 0.6 is 0 Å². The first-order chi connectivity index (χ1) is 37.1. The number of fused-ring (bicyclic) bond motifs is 13. The summed E-state index contributed by atoms with van der Waals surface area (Å²) in [5, 5.41) is 0.892. The molecule has 0 aliphatic heterocycles. The van der Waals surface area contributed by atoms with Crippen LogP contribution in [-0.4, -0.2) is 28.7 Å². The molecule has 0 spiro atoms. The summed E-state index contributed by atoms with van der Waals surface area (Å²) in [6.45, 7) is 0. The van der Waals surface area contributed by atoms with E-state index in [1.807, 2.05) is 18.2 Å². The van der Waals surface area contributed by atoms with Crippen LogP contribution in [0.3, 0.4) is 0 Å². The molecule has 8 aromatic carbocycles. The number of furan rings is 1. The quantitative estimate of drug-likeness (QED) is 0.179. The zero-order chi connectivity index (χ0) is 55.3. The molecule has 13 aromatic rings. The molecule has 0 aliphatic rings. The summed E-state index contributed by atoms with van der Waals surface area (Å²) in [6.07, 6.45) is 0. The van der Waals surface area contributed by atoms with Crippen molar-refractivity contribution in [2.45, 2.75) is 0 Å². The van der Waals surface area contributed by atoms with Gasteiger partial charge < -0.3 is 8.98 Å². The van der Waals surface area contributed by atoms with Crippen molar-refractivity contribution in [1.29, 1.82) is 0 Å². The molecule has 7 heteroatoms. The van der Waals surface area contributed by atoms with E-state index in [0.29, 0.717) is 43.7 Å². The fraction of sp³-hybridized carbons (Fsp3) is 0. The van der Waals surface area contributed by atoms with Crippen molar-refractivity contribution in [3.63, 3.8) is 0 Å². The molecular formula is C51H30N6O. The van der Waals surface area contributed by atoms with Gasteiger partial charge in [-0.25, -0.2) is 0 Å². The third-order valence-electron chi connectivity index (χ3n) is 10.4. The molecule has 0 atom stereocenters. The van der Waals surface area contributed by atoms with Crippen molar-refractivity contribution in [3.05, 3.63) is 182 Å². The van der Waals surface area contributed by atoms with E-state index in [2.05, 4.69) is 0 Å². The zero-order valence-electron chi connectivity index (χ0n) is 49.4. The maximum absolute atomic E-state index is 9.83. The third-order valence-corrected chi connectivity index (χ3v) is 10.4. The lowest BCUT2D eigenvalue weighted by atomic mass is 10.1. The Morgan fingerprint density at radius 2 is 0.914 bits per heavy atom. The van der Waals surface area contributed by atoms with Gasteiger partial charge in [-0.05, 0) is 60.5 Å². The van der Waals surface area contributed by atoms with Crippen LogP contribution in [0.5, 0.6) is 0 Å². The molecule has 7 nitrogen and oxygen atoms in total. The molecule has 5 aromatic heterocycles. The standard InChI is InChI=1S/C51H30N6O/c1-9-23-40-31(15-1)32-16-2-10-24-41(32)56(40)50-52-49(53-51(54-50)57-42-25-11-3-17-33(42)34-18-4-12-26-43(34)57)37-20-6-13-27-44(37)55-39-22-8-5-19-35(39)36-29-30-46-47(48(36)55)38-21-7-14-28-45(38)58-46/h1-30H/i1D,2D,3D,4D,6D,9D,10D,11D,12D,13D,15D,16D,17D,18D,20D,23D,24D,25D,26D,27D. The first kappa shape index (κ1) is 17.8. The van der Waals surface area contributed by atoms with Gasteiger partial charge in [-0.3, -0.25) is 9.13 Å². The second-order valence-corrected chi connectivity index (χ2v) is 13.3. The van der Waals surface area contributed by atoms with Crippen molar-refractivity contribution < 1.29 is 31.8 Å². The van der Waals surface area contributed by atoms with Crippen LogP contribution in [0.2, 0.25) is 0 Å². The molecule has 270 valence electrons. The molecule has 13 rings (SSSR count). The highest BCUT2D eigenvalue weighted by molar-refractivity contribution is 6.24. The van der Waals surface area contributed by atoms with Gasteiger partial charge in [-0.15, -0.1) is 0 Å². The third kappa shape index (κ3) is 4.24. The molecule has 0 saturated heterocycles. The Kier molecular flexibility index (Phi) is 3.61. The smallest absolute Gasteiger partial charge is 0.240 e. The maximum atomic E-state index is 9.83. The Morgan fingerprint density at radius 3 is 1.53 bits per heavy atom. The lowest BCUT2D eigenvalue weighted by Gasteiger charge is -2.16. The minimum atomic E-state index is -0.806. The highest BCUT2D eigenvalue weighted by Crippen LogP contribution is 2.43. The molecule has 5 heterocycles. The van der Waals surface area contributed by atoms with E-state index in [1.165, 1.54) is 0 Å². The van der Waals surface area contributed by atoms with E-state index in [0.717, 1.165) is 9.13 Å². The molecule has 0 saturated carbocycles. The number of para-hydroxylation sites is 7. The number of hydrogen-bond donors (Lipinski definition) is 0. The van der Waals surface area contributed by atoms with Crippen molar-refractivity contribution >= 4 is 87.4 Å². The fourth-order valence-corrected chi connectivity index (χ4v) is 8.04. The Morgan fingerprint density at radius 1 is 0.397 bits per heavy atom. The first-order valence-electron chi connectivity index (χ1n) is 27.8. The summed E-state index contributed by atoms with van der Waals surface area (Å²) in [7, 11) is 0. The molecule has 0 aliphatic carbocycles. The predicted molar refractivity (Wildman–Crippen MR) is 236 cm³/mol. The summed E-state index contributed by atoms with van der Waals surface area (Å²) >= 11 is 0. The average Bonchev–Trinajstić information content (AvgIpc) is 4.19. The highest BCUT2D eigenvalue weighted by atomic mass is 16.3. The molecule has 0 fully saturated rings. The van der Waals surface area contributed by atoms with Crippen LogP contribution in [0.15, 0.2) is 186 Å². The number of benzene rings is 8. The second kappa shape index (κ2) is 11.7. The molecule has 0 bridgehead atoms. The second-order valence-electron chi connectivity index (χ2n) is 13.3. The summed E-state index contributed by atoms with van der Waals surface area (Å²) in [4.78, 5) is 14.5. The Hall–Kier alpha value is -8.03. The van der Waals surface area contributed by atoms with Gasteiger partial charge in [-0.2, -0.15) is 15.0 Å². The van der Waals surface area contributed by atoms with Gasteiger partial charge in [0.1, 0.15) is 11.2 Å². The van der Waals surface area contributed by atoms with Crippen molar-refractivity contribution in [2.75, 3.05) is 0 Å². The molecule has 0 N–H and O–H groups in total. The zero-order valence-corrected chi connectivity index (χ0v) is 29.4. The number of rotatable bonds is 4. The van der Waals surface area contributed by atoms with Crippen LogP contribution in [0, 0.1) is 0 Å². The van der Waals surface area contributed by atoms with Gasteiger partial charge in [0.25, 0.3) is 0 Å². The van der Waals surface area contributed by atoms with Crippen molar-refractivity contribution in [3.8, 4) is 29.0 Å². The van der Waals surface area contributed by atoms with Gasteiger partial charge in [0.05, 0.1) is 71.6 Å². The van der Waals surface area contributed by atoms with Gasteiger partial charge in [0.2, 0.25) is 11.9 Å². The topological polar surface area (TPSA) is 66.6 Å². The van der Waals surface area contributed by atoms with Crippen molar-refractivity contribution in [2.24, 2.45) is 0 Å². The number of hydrogen-bond acceptors (Lipinski definition) is 4. The Bertz CT molecular complexity index is 4670. The van der Waals surface area contributed by atoms with Crippen LogP contribution in [-0.2, 0) is 0 Å². The SMILES string of the molecule is [2H]c1c([2H])c([2H])c(-n2c3ccccc3c3ccc4oc5ccccc5c4c32)c(-c2nc(-n3c4c([2H])c([2H])c([2H])c([2H])c4c4c([2H])c([2H])c([2H])c([2H])c43)nc(-n3c4c([2H])c([2H])c([2H])c([2H])c4c4c([2H])c([2H])c([2H])c([2H])c43)n2)c1[2H]. The Balaban J connectivity index is 1.30. The lowest BCUT2D eigenvalue weighted by Crippen LogP contribution is -2.11. The lowest BCUT2D eigenvalue weighted by molar-refractivity contribution is 0.669. The van der Waals surface area contributed by atoms with E-state index < -0.39 is 188 Å². The fourth-order valence-electron chi connectivity index (χ4n) is 8.04. The molecule has 0 radical (unpaired) electrons.